The number of carbonyl (C=O) groups is 4. The van der Waals surface area contributed by atoms with Crippen molar-refractivity contribution in [2.45, 2.75) is 83.5 Å². The molecule has 0 radical (unpaired) electrons. The lowest BCUT2D eigenvalue weighted by Gasteiger charge is -2.22. The van der Waals surface area contributed by atoms with Gasteiger partial charge in [-0.05, 0) is 50.2 Å². The minimum absolute atomic E-state index is 0.0204. The Balaban J connectivity index is 1.13. The number of hydrogen-bond acceptors (Lipinski definition) is 6. The van der Waals surface area contributed by atoms with Crippen LogP contribution in [-0.4, -0.2) is 59.0 Å². The van der Waals surface area contributed by atoms with Crippen LogP contribution in [-0.2, 0) is 36.9 Å². The van der Waals surface area contributed by atoms with E-state index in [0.29, 0.717) is 30.9 Å². The summed E-state index contributed by atoms with van der Waals surface area (Å²) in [6, 6.07) is 3.94. The molecule has 2 fully saturated rings. The molecule has 2 aliphatic heterocycles. The van der Waals surface area contributed by atoms with Gasteiger partial charge in [-0.2, -0.15) is 0 Å². The molecular weight excluding hydrogens is 505 g/mol. The summed E-state index contributed by atoms with van der Waals surface area (Å²) < 4.78 is 24.6. The molecule has 1 aromatic rings. The van der Waals surface area contributed by atoms with Gasteiger partial charge < -0.3 is 20.1 Å². The number of rotatable bonds is 12. The van der Waals surface area contributed by atoms with E-state index in [1.54, 1.807) is 12.1 Å². The summed E-state index contributed by atoms with van der Waals surface area (Å²) in [5, 5.41) is 0. The normalized spacial score (nSPS) is 23.6. The number of benzene rings is 1. The van der Waals surface area contributed by atoms with Crippen molar-refractivity contribution in [3.05, 3.63) is 47.3 Å². The van der Waals surface area contributed by atoms with Crippen molar-refractivity contribution in [3.8, 4) is 0 Å². The molecule has 1 saturated heterocycles. The van der Waals surface area contributed by atoms with Crippen LogP contribution in [0.25, 0.3) is 0 Å². The van der Waals surface area contributed by atoms with E-state index in [9.17, 15) is 23.6 Å². The Hall–Kier alpha value is -3.43. The van der Waals surface area contributed by atoms with Crippen molar-refractivity contribution in [1.82, 2.24) is 9.80 Å². The third kappa shape index (κ3) is 7.36. The van der Waals surface area contributed by atoms with Gasteiger partial charge in [0.2, 0.25) is 11.8 Å². The number of halogens is 1. The standard InChI is InChI=1S/C29H38FN3O6/c1-2-38-28(36)22-14-19(22)10-7-5-3-4-6-8-13-26(34)33-17-21(15-25(33)27(31)35)39-29(37)32-16-20-11-9-12-24(30)23(20)18-32/h7,9-12,19,21-22,25H,2-6,8,13-18H2,1H3,(H2,31,35)/b10-7-/t19-,21-,22+,25+/m1/s1. The number of ether oxygens (including phenoxy) is 2. The molecule has 2 N–H and O–H groups in total. The first-order valence-electron chi connectivity index (χ1n) is 13.9. The molecule has 10 heteroatoms. The van der Waals surface area contributed by atoms with Crippen molar-refractivity contribution in [3.63, 3.8) is 0 Å². The van der Waals surface area contributed by atoms with Crippen LogP contribution in [0.3, 0.4) is 0 Å². The second-order valence-corrected chi connectivity index (χ2v) is 10.6. The quantitative estimate of drug-likeness (QED) is 0.243. The number of amides is 3. The summed E-state index contributed by atoms with van der Waals surface area (Å²) in [5.74, 6) is -0.928. The zero-order chi connectivity index (χ0) is 27.9. The first-order valence-corrected chi connectivity index (χ1v) is 13.9. The predicted molar refractivity (Wildman–Crippen MR) is 140 cm³/mol. The molecule has 1 aliphatic carbocycles. The van der Waals surface area contributed by atoms with Gasteiger partial charge in [-0.15, -0.1) is 0 Å². The SMILES string of the molecule is CCOC(=O)[C@H]1C[C@H]1/C=C\CCCCCCC(=O)N1C[C@H](OC(=O)N2Cc3cccc(F)c3C2)C[C@H]1C(N)=O. The van der Waals surface area contributed by atoms with E-state index >= 15 is 0 Å². The van der Waals surface area contributed by atoms with Crippen molar-refractivity contribution < 1.29 is 33.0 Å². The third-order valence-corrected chi connectivity index (χ3v) is 7.69. The topological polar surface area (TPSA) is 119 Å². The second-order valence-electron chi connectivity index (χ2n) is 10.6. The van der Waals surface area contributed by atoms with E-state index < -0.39 is 24.1 Å². The molecule has 1 aromatic carbocycles. The fourth-order valence-corrected chi connectivity index (χ4v) is 5.41. The van der Waals surface area contributed by atoms with Gasteiger partial charge in [-0.1, -0.05) is 37.1 Å². The van der Waals surface area contributed by atoms with Crippen LogP contribution in [0.2, 0.25) is 0 Å². The molecule has 9 nitrogen and oxygen atoms in total. The molecule has 4 atom stereocenters. The van der Waals surface area contributed by atoms with E-state index in [1.165, 1.54) is 15.9 Å². The number of nitrogens with zero attached hydrogens (tertiary/aromatic N) is 2. The number of fused-ring (bicyclic) bond motifs is 1. The number of esters is 1. The zero-order valence-corrected chi connectivity index (χ0v) is 22.5. The lowest BCUT2D eigenvalue weighted by atomic mass is 10.1. The molecule has 0 bridgehead atoms. The number of hydrogen-bond donors (Lipinski definition) is 1. The highest BCUT2D eigenvalue weighted by atomic mass is 19.1. The van der Waals surface area contributed by atoms with Gasteiger partial charge in [-0.3, -0.25) is 19.3 Å². The van der Waals surface area contributed by atoms with Crippen LogP contribution < -0.4 is 5.73 Å². The number of carbonyl (C=O) groups excluding carboxylic acids is 4. The van der Waals surface area contributed by atoms with Gasteiger partial charge in [0.15, 0.2) is 0 Å². The maximum atomic E-state index is 14.0. The highest BCUT2D eigenvalue weighted by Crippen LogP contribution is 2.40. The molecular formula is C29H38FN3O6. The minimum Gasteiger partial charge on any atom is -0.466 e. The molecule has 4 rings (SSSR count). The van der Waals surface area contributed by atoms with Crippen LogP contribution >= 0.6 is 0 Å². The largest absolute Gasteiger partial charge is 0.466 e. The van der Waals surface area contributed by atoms with Crippen LogP contribution in [0.4, 0.5) is 9.18 Å². The maximum Gasteiger partial charge on any atom is 0.410 e. The number of primary amides is 1. The Morgan fingerprint density at radius 2 is 1.90 bits per heavy atom. The van der Waals surface area contributed by atoms with Crippen molar-refractivity contribution in [1.29, 1.82) is 0 Å². The van der Waals surface area contributed by atoms with E-state index in [2.05, 4.69) is 12.2 Å². The predicted octanol–water partition coefficient (Wildman–Crippen LogP) is 3.83. The van der Waals surface area contributed by atoms with Gasteiger partial charge in [0, 0.05) is 24.9 Å². The Bertz CT molecular complexity index is 1110. The van der Waals surface area contributed by atoms with Crippen LogP contribution in [0.1, 0.15) is 69.4 Å². The number of unbranched alkanes of at least 4 members (excludes halogenated alkanes) is 4. The average molecular weight is 544 g/mol. The highest BCUT2D eigenvalue weighted by Gasteiger charge is 2.42. The zero-order valence-electron chi connectivity index (χ0n) is 22.5. The summed E-state index contributed by atoms with van der Waals surface area (Å²) in [4.78, 5) is 52.1. The van der Waals surface area contributed by atoms with E-state index in [0.717, 1.165) is 37.7 Å². The summed E-state index contributed by atoms with van der Waals surface area (Å²) in [6.45, 7) is 2.73. The van der Waals surface area contributed by atoms with Gasteiger partial charge in [0.1, 0.15) is 18.0 Å². The molecule has 0 aromatic heterocycles. The minimum atomic E-state index is -0.811. The van der Waals surface area contributed by atoms with Gasteiger partial charge in [-0.25, -0.2) is 9.18 Å². The molecule has 2 heterocycles. The molecule has 1 saturated carbocycles. The number of allylic oxidation sites excluding steroid dienone is 2. The Labute approximate surface area is 228 Å². The van der Waals surface area contributed by atoms with E-state index in [4.69, 9.17) is 15.2 Å². The number of likely N-dealkylation sites (tertiary alicyclic amines) is 1. The second kappa shape index (κ2) is 13.1. The maximum absolute atomic E-state index is 14.0. The fraction of sp³-hybridized carbons (Fsp3) is 0.586. The summed E-state index contributed by atoms with van der Waals surface area (Å²) in [6.07, 6.45) is 8.78. The van der Waals surface area contributed by atoms with E-state index in [-0.39, 0.29) is 49.7 Å². The highest BCUT2D eigenvalue weighted by molar-refractivity contribution is 5.87. The first-order chi connectivity index (χ1) is 18.8. The smallest absolute Gasteiger partial charge is 0.410 e. The van der Waals surface area contributed by atoms with Crippen molar-refractivity contribution >= 4 is 23.9 Å². The molecule has 3 amide bonds. The lowest BCUT2D eigenvalue weighted by molar-refractivity contribution is -0.144. The molecule has 212 valence electrons. The third-order valence-electron chi connectivity index (χ3n) is 7.69. The van der Waals surface area contributed by atoms with Crippen LogP contribution in [0.5, 0.6) is 0 Å². The Morgan fingerprint density at radius 1 is 1.10 bits per heavy atom. The van der Waals surface area contributed by atoms with Gasteiger partial charge >= 0.3 is 12.1 Å². The summed E-state index contributed by atoms with van der Waals surface area (Å²) in [7, 11) is 0. The van der Waals surface area contributed by atoms with Crippen molar-refractivity contribution in [2.24, 2.45) is 17.6 Å². The molecule has 39 heavy (non-hydrogen) atoms. The van der Waals surface area contributed by atoms with E-state index in [1.807, 2.05) is 6.92 Å². The average Bonchev–Trinajstić information content (AvgIpc) is 3.32. The van der Waals surface area contributed by atoms with Crippen LogP contribution in [0, 0.1) is 17.7 Å². The summed E-state index contributed by atoms with van der Waals surface area (Å²) >= 11 is 0. The van der Waals surface area contributed by atoms with Crippen LogP contribution in [0.15, 0.2) is 30.4 Å². The van der Waals surface area contributed by atoms with Gasteiger partial charge in [0.05, 0.1) is 25.6 Å². The molecule has 3 aliphatic rings. The number of nitrogens with two attached hydrogens (primary N) is 1. The van der Waals surface area contributed by atoms with Gasteiger partial charge in [0.25, 0.3) is 0 Å². The monoisotopic (exact) mass is 543 g/mol. The fourth-order valence-electron chi connectivity index (χ4n) is 5.41. The summed E-state index contributed by atoms with van der Waals surface area (Å²) in [5.41, 5.74) is 6.77. The lowest BCUT2D eigenvalue weighted by Crippen LogP contribution is -2.43. The Morgan fingerprint density at radius 3 is 2.64 bits per heavy atom. The molecule has 0 spiro atoms. The van der Waals surface area contributed by atoms with Crippen molar-refractivity contribution in [2.75, 3.05) is 13.2 Å². The first kappa shape index (κ1) is 28.6. The Kier molecular flexibility index (Phi) is 9.59. The molecule has 0 unspecified atom stereocenters.